The lowest BCUT2D eigenvalue weighted by Gasteiger charge is -2.14. The highest BCUT2D eigenvalue weighted by atomic mass is 19.1. The molecular weight excluding hydrogens is 323 g/mol. The third-order valence-corrected chi connectivity index (χ3v) is 4.31. The van der Waals surface area contributed by atoms with Gasteiger partial charge in [0, 0.05) is 18.7 Å². The monoisotopic (exact) mass is 338 g/mol. The van der Waals surface area contributed by atoms with Crippen LogP contribution < -0.4 is 10.2 Å². The molecule has 0 bridgehead atoms. The van der Waals surface area contributed by atoms with Crippen molar-refractivity contribution in [1.29, 1.82) is 0 Å². The number of H-pyrrole nitrogens is 1. The number of nitrogens with zero attached hydrogens (tertiary/aromatic N) is 2. The highest BCUT2D eigenvalue weighted by molar-refractivity contribution is 6.07. The molecule has 0 spiro atoms. The van der Waals surface area contributed by atoms with E-state index in [0.717, 1.165) is 0 Å². The molecule has 1 aliphatic heterocycles. The second kappa shape index (κ2) is 6.01. The minimum atomic E-state index is -0.508. The predicted octanol–water partition coefficient (Wildman–Crippen LogP) is 2.69. The smallest absolute Gasteiger partial charge is 0.229 e. The molecular formula is C18H15FN4O2. The van der Waals surface area contributed by atoms with Gasteiger partial charge in [-0.05, 0) is 24.3 Å². The van der Waals surface area contributed by atoms with Gasteiger partial charge >= 0.3 is 0 Å². The van der Waals surface area contributed by atoms with Gasteiger partial charge in [-0.3, -0.25) is 19.6 Å². The van der Waals surface area contributed by atoms with Gasteiger partial charge in [0.1, 0.15) is 5.82 Å². The van der Waals surface area contributed by atoms with Gasteiger partial charge in [0.15, 0.2) is 5.82 Å². The summed E-state index contributed by atoms with van der Waals surface area (Å²) in [5.74, 6) is -1.21. The lowest BCUT2D eigenvalue weighted by molar-refractivity contribution is -0.122. The minimum absolute atomic E-state index is 0.0709. The van der Waals surface area contributed by atoms with Gasteiger partial charge in [-0.2, -0.15) is 5.10 Å². The van der Waals surface area contributed by atoms with E-state index in [0.29, 0.717) is 11.2 Å². The van der Waals surface area contributed by atoms with E-state index in [9.17, 15) is 14.0 Å². The first-order valence-corrected chi connectivity index (χ1v) is 7.92. The van der Waals surface area contributed by atoms with Gasteiger partial charge in [0.25, 0.3) is 0 Å². The van der Waals surface area contributed by atoms with Crippen LogP contribution in [0.25, 0.3) is 10.9 Å². The lowest BCUT2D eigenvalue weighted by Crippen LogP contribution is -2.28. The van der Waals surface area contributed by atoms with E-state index in [1.165, 1.54) is 11.0 Å². The van der Waals surface area contributed by atoms with Crippen molar-refractivity contribution in [2.24, 2.45) is 5.92 Å². The fraction of sp³-hybridized carbons (Fsp3) is 0.167. The van der Waals surface area contributed by atoms with Crippen LogP contribution in [-0.2, 0) is 9.59 Å². The van der Waals surface area contributed by atoms with Gasteiger partial charge in [0.05, 0.1) is 16.8 Å². The largest absolute Gasteiger partial charge is 0.326 e. The highest BCUT2D eigenvalue weighted by Gasteiger charge is 2.37. The molecule has 0 saturated carbocycles. The van der Waals surface area contributed by atoms with Crippen LogP contribution in [0.5, 0.6) is 0 Å². The summed E-state index contributed by atoms with van der Waals surface area (Å²) in [4.78, 5) is 26.2. The van der Waals surface area contributed by atoms with Crippen LogP contribution in [0, 0.1) is 11.7 Å². The van der Waals surface area contributed by atoms with E-state index in [2.05, 4.69) is 15.5 Å². The highest BCUT2D eigenvalue weighted by Crippen LogP contribution is 2.31. The molecule has 4 rings (SSSR count). The fourth-order valence-electron chi connectivity index (χ4n) is 3.06. The van der Waals surface area contributed by atoms with E-state index in [1.54, 1.807) is 24.3 Å². The molecule has 2 aromatic carbocycles. The topological polar surface area (TPSA) is 78.1 Å². The van der Waals surface area contributed by atoms with Gasteiger partial charge < -0.3 is 5.32 Å². The number of halogens is 1. The molecule has 6 nitrogen and oxygen atoms in total. The summed E-state index contributed by atoms with van der Waals surface area (Å²) in [6.07, 6.45) is 0.0709. The Kier molecular flexibility index (Phi) is 3.68. The average molecular weight is 338 g/mol. The number of hydrogen-bond acceptors (Lipinski definition) is 3. The summed E-state index contributed by atoms with van der Waals surface area (Å²) in [5, 5.41) is 9.86. The number of rotatable bonds is 3. The first-order chi connectivity index (χ1) is 12.1. The number of anilines is 2. The van der Waals surface area contributed by atoms with Crippen LogP contribution in [-0.4, -0.2) is 28.6 Å². The molecule has 1 aliphatic rings. The Morgan fingerprint density at radius 3 is 2.80 bits per heavy atom. The number of amides is 2. The standard InChI is InChI=1S/C18H15FN4O2/c19-13-7-4-8-14-16(13)17(22-21-14)23-10-11(9-15(23)24)18(25)20-12-5-2-1-3-6-12/h1-8,11H,9-10H2,(H,20,25)(H,21,22)/t11-/m0/s1. The van der Waals surface area contributed by atoms with E-state index >= 15 is 0 Å². The molecule has 1 fully saturated rings. The Hall–Kier alpha value is -3.22. The predicted molar refractivity (Wildman–Crippen MR) is 91.6 cm³/mol. The number of nitrogens with one attached hydrogen (secondary N) is 2. The van der Waals surface area contributed by atoms with Crippen LogP contribution in [0.2, 0.25) is 0 Å². The summed E-state index contributed by atoms with van der Waals surface area (Å²) in [5.41, 5.74) is 1.19. The molecule has 0 unspecified atom stereocenters. The lowest BCUT2D eigenvalue weighted by atomic mass is 10.1. The molecule has 1 saturated heterocycles. The van der Waals surface area contributed by atoms with Crippen LogP contribution in [0.15, 0.2) is 48.5 Å². The number of fused-ring (bicyclic) bond motifs is 1. The van der Waals surface area contributed by atoms with Crippen LogP contribution in [0.4, 0.5) is 15.9 Å². The average Bonchev–Trinajstić information content (AvgIpc) is 3.20. The molecule has 1 aromatic heterocycles. The minimum Gasteiger partial charge on any atom is -0.326 e. The Labute approximate surface area is 142 Å². The summed E-state index contributed by atoms with van der Waals surface area (Å²) in [7, 11) is 0. The Morgan fingerprint density at radius 1 is 1.20 bits per heavy atom. The summed E-state index contributed by atoms with van der Waals surface area (Å²) in [6.45, 7) is 0.172. The molecule has 7 heteroatoms. The normalized spacial score (nSPS) is 17.2. The number of para-hydroxylation sites is 1. The third-order valence-electron chi connectivity index (χ3n) is 4.31. The van der Waals surface area contributed by atoms with E-state index in [4.69, 9.17) is 0 Å². The zero-order valence-corrected chi connectivity index (χ0v) is 13.2. The molecule has 2 heterocycles. The van der Waals surface area contributed by atoms with Gasteiger partial charge in [-0.15, -0.1) is 0 Å². The van der Waals surface area contributed by atoms with Crippen molar-refractivity contribution in [3.8, 4) is 0 Å². The first kappa shape index (κ1) is 15.3. The number of carbonyl (C=O) groups is 2. The number of carbonyl (C=O) groups excluding carboxylic acids is 2. The molecule has 3 aromatic rings. The quantitative estimate of drug-likeness (QED) is 0.771. The number of benzene rings is 2. The maximum Gasteiger partial charge on any atom is 0.229 e. The zero-order valence-electron chi connectivity index (χ0n) is 13.2. The Bertz CT molecular complexity index is 954. The summed E-state index contributed by atoms with van der Waals surface area (Å²) < 4.78 is 14.1. The molecule has 2 N–H and O–H groups in total. The molecule has 25 heavy (non-hydrogen) atoms. The zero-order chi connectivity index (χ0) is 17.4. The molecule has 0 aliphatic carbocycles. The second-order valence-corrected chi connectivity index (χ2v) is 5.97. The van der Waals surface area contributed by atoms with E-state index in [-0.39, 0.29) is 36.0 Å². The molecule has 1 atom stereocenters. The molecule has 0 radical (unpaired) electrons. The number of aromatic nitrogens is 2. The second-order valence-electron chi connectivity index (χ2n) is 5.97. The van der Waals surface area contributed by atoms with E-state index in [1.807, 2.05) is 18.2 Å². The van der Waals surface area contributed by atoms with Crippen LogP contribution >= 0.6 is 0 Å². The van der Waals surface area contributed by atoms with Crippen LogP contribution in [0.3, 0.4) is 0 Å². The van der Waals surface area contributed by atoms with Gasteiger partial charge in [-0.25, -0.2) is 4.39 Å². The van der Waals surface area contributed by atoms with Crippen molar-refractivity contribution >= 4 is 34.2 Å². The summed E-state index contributed by atoms with van der Waals surface area (Å²) in [6, 6.07) is 13.6. The SMILES string of the molecule is O=C(Nc1ccccc1)[C@H]1CC(=O)N(c2n[nH]c3cccc(F)c23)C1. The molecule has 126 valence electrons. The maximum absolute atomic E-state index is 14.1. The van der Waals surface area contributed by atoms with Crippen molar-refractivity contribution < 1.29 is 14.0 Å². The van der Waals surface area contributed by atoms with Crippen LogP contribution in [0.1, 0.15) is 6.42 Å². The number of hydrogen-bond donors (Lipinski definition) is 2. The number of aromatic amines is 1. The Balaban J connectivity index is 1.57. The van der Waals surface area contributed by atoms with E-state index < -0.39 is 11.7 Å². The molecule has 2 amide bonds. The Morgan fingerprint density at radius 2 is 2.00 bits per heavy atom. The van der Waals surface area contributed by atoms with Crippen molar-refractivity contribution in [1.82, 2.24) is 10.2 Å². The van der Waals surface area contributed by atoms with Gasteiger partial charge in [-0.1, -0.05) is 24.3 Å². The van der Waals surface area contributed by atoms with Gasteiger partial charge in [0.2, 0.25) is 11.8 Å². The third kappa shape index (κ3) is 2.73. The van der Waals surface area contributed by atoms with Crippen molar-refractivity contribution in [3.05, 3.63) is 54.3 Å². The van der Waals surface area contributed by atoms with Crippen molar-refractivity contribution in [2.45, 2.75) is 6.42 Å². The maximum atomic E-state index is 14.1. The summed E-state index contributed by atoms with van der Waals surface area (Å²) >= 11 is 0. The fourth-order valence-corrected chi connectivity index (χ4v) is 3.06. The van der Waals surface area contributed by atoms with Crippen molar-refractivity contribution in [2.75, 3.05) is 16.8 Å². The first-order valence-electron chi connectivity index (χ1n) is 7.92. The van der Waals surface area contributed by atoms with Crippen molar-refractivity contribution in [3.63, 3.8) is 0 Å².